The van der Waals surface area contributed by atoms with E-state index in [0.717, 1.165) is 0 Å². The van der Waals surface area contributed by atoms with Crippen molar-refractivity contribution in [2.24, 2.45) is 0 Å². The van der Waals surface area contributed by atoms with Crippen LogP contribution in [0.1, 0.15) is 11.1 Å². The zero-order chi connectivity index (χ0) is 14.2. The van der Waals surface area contributed by atoms with Gasteiger partial charge in [-0.2, -0.15) is 0 Å². The Morgan fingerprint density at radius 3 is 1.37 bits per heavy atom. The Kier molecular flexibility index (Phi) is 4.83. The van der Waals surface area contributed by atoms with Gasteiger partial charge in [-0.05, 0) is 36.4 Å². The standard InChI is InChI=1S/C13H6Cl6/c14-7-1-3-11(16)9(5-7)13(18,19)10-6-8(15)2-4-12(10)17/h1-6H. The largest absolute Gasteiger partial charge is 0.171 e. The Hall–Kier alpha value is 0.180. The summed E-state index contributed by atoms with van der Waals surface area (Å²) in [5.41, 5.74) is 0.906. The molecule has 0 atom stereocenters. The van der Waals surface area contributed by atoms with E-state index in [-0.39, 0.29) is 0 Å². The van der Waals surface area contributed by atoms with Crippen LogP contribution in [-0.2, 0) is 4.33 Å². The molecule has 0 aliphatic heterocycles. The first kappa shape index (κ1) is 15.6. The van der Waals surface area contributed by atoms with Gasteiger partial charge in [0.15, 0.2) is 4.33 Å². The highest BCUT2D eigenvalue weighted by Gasteiger charge is 2.33. The lowest BCUT2D eigenvalue weighted by Gasteiger charge is -2.23. The Balaban J connectivity index is 2.64. The molecule has 0 nitrogen and oxygen atoms in total. The third kappa shape index (κ3) is 3.26. The maximum absolute atomic E-state index is 6.42. The molecule has 0 aliphatic carbocycles. The fraction of sp³-hybridized carbons (Fsp3) is 0.0769. The summed E-state index contributed by atoms with van der Waals surface area (Å²) in [6.07, 6.45) is 0. The number of halogens is 6. The van der Waals surface area contributed by atoms with Crippen LogP contribution < -0.4 is 0 Å². The average Bonchev–Trinajstić information content (AvgIpc) is 2.35. The van der Waals surface area contributed by atoms with E-state index in [1.54, 1.807) is 36.4 Å². The monoisotopic (exact) mass is 372 g/mol. The first-order valence-corrected chi connectivity index (χ1v) is 7.38. The molecule has 0 N–H and O–H groups in total. The predicted molar refractivity (Wildman–Crippen MR) is 85.4 cm³/mol. The Labute approximate surface area is 141 Å². The van der Waals surface area contributed by atoms with Crippen LogP contribution in [0.2, 0.25) is 20.1 Å². The number of benzene rings is 2. The molecule has 2 aromatic rings. The fourth-order valence-electron chi connectivity index (χ4n) is 1.62. The van der Waals surface area contributed by atoms with Crippen molar-refractivity contribution in [2.45, 2.75) is 4.33 Å². The summed E-state index contributed by atoms with van der Waals surface area (Å²) in [4.78, 5) is 0. The van der Waals surface area contributed by atoms with Crippen LogP contribution in [0.4, 0.5) is 0 Å². The normalized spacial score (nSPS) is 11.7. The minimum Gasteiger partial charge on any atom is -0.0908 e. The molecule has 2 rings (SSSR count). The average molecular weight is 375 g/mol. The zero-order valence-corrected chi connectivity index (χ0v) is 13.8. The summed E-state index contributed by atoms with van der Waals surface area (Å²) >= 11 is 37.0. The molecule has 0 fully saturated rings. The van der Waals surface area contributed by atoms with Crippen LogP contribution in [0.15, 0.2) is 36.4 Å². The van der Waals surface area contributed by atoms with Crippen molar-refractivity contribution in [2.75, 3.05) is 0 Å². The lowest BCUT2D eigenvalue weighted by molar-refractivity contribution is 1.04. The molecule has 0 bridgehead atoms. The van der Waals surface area contributed by atoms with Gasteiger partial charge in [0.2, 0.25) is 0 Å². The smallest absolute Gasteiger partial charge is 0.0908 e. The van der Waals surface area contributed by atoms with Crippen molar-refractivity contribution in [1.82, 2.24) is 0 Å². The zero-order valence-electron chi connectivity index (χ0n) is 9.23. The van der Waals surface area contributed by atoms with Gasteiger partial charge in [-0.1, -0.05) is 69.6 Å². The second-order valence-corrected chi connectivity index (χ2v) is 6.84. The number of hydrogen-bond donors (Lipinski definition) is 0. The van der Waals surface area contributed by atoms with E-state index in [0.29, 0.717) is 31.2 Å². The molecule has 19 heavy (non-hydrogen) atoms. The summed E-state index contributed by atoms with van der Waals surface area (Å²) < 4.78 is -1.44. The van der Waals surface area contributed by atoms with E-state index in [9.17, 15) is 0 Å². The molecule has 0 aliphatic rings. The third-order valence-corrected chi connectivity index (χ3v) is 4.48. The molecule has 0 spiro atoms. The van der Waals surface area contributed by atoms with Gasteiger partial charge in [0.25, 0.3) is 0 Å². The highest BCUT2D eigenvalue weighted by molar-refractivity contribution is 6.52. The van der Waals surface area contributed by atoms with E-state index in [1.807, 2.05) is 0 Å². The molecule has 0 heterocycles. The third-order valence-electron chi connectivity index (χ3n) is 2.53. The second-order valence-electron chi connectivity index (χ2n) is 3.82. The topological polar surface area (TPSA) is 0 Å². The van der Waals surface area contributed by atoms with Gasteiger partial charge in [-0.15, -0.1) is 0 Å². The van der Waals surface area contributed by atoms with Crippen molar-refractivity contribution >= 4 is 69.6 Å². The Bertz CT molecular complexity index is 567. The van der Waals surface area contributed by atoms with E-state index >= 15 is 0 Å². The van der Waals surface area contributed by atoms with Crippen LogP contribution in [-0.4, -0.2) is 0 Å². The lowest BCUT2D eigenvalue weighted by atomic mass is 10.0. The number of hydrogen-bond acceptors (Lipinski definition) is 0. The highest BCUT2D eigenvalue weighted by Crippen LogP contribution is 2.47. The molecule has 6 heteroatoms. The number of rotatable bonds is 2. The maximum atomic E-state index is 6.42. The molecular weight excluding hydrogens is 369 g/mol. The first-order valence-electron chi connectivity index (χ1n) is 5.11. The molecule has 0 saturated carbocycles. The fourth-order valence-corrected chi connectivity index (χ4v) is 3.30. The first-order chi connectivity index (χ1) is 8.82. The SMILES string of the molecule is Clc1ccc(Cl)c(C(Cl)(Cl)c2cc(Cl)ccc2Cl)c1. The summed E-state index contributed by atoms with van der Waals surface area (Å²) in [6, 6.07) is 9.74. The molecule has 0 amide bonds. The maximum Gasteiger partial charge on any atom is 0.171 e. The van der Waals surface area contributed by atoms with Crippen LogP contribution in [0.5, 0.6) is 0 Å². The van der Waals surface area contributed by atoms with Crippen molar-refractivity contribution in [3.63, 3.8) is 0 Å². The van der Waals surface area contributed by atoms with Gasteiger partial charge in [0.1, 0.15) is 0 Å². The van der Waals surface area contributed by atoms with Crippen molar-refractivity contribution in [3.05, 3.63) is 67.6 Å². The summed E-state index contributed by atoms with van der Waals surface area (Å²) in [5.74, 6) is 0. The van der Waals surface area contributed by atoms with Crippen LogP contribution in [0.25, 0.3) is 0 Å². The molecule has 0 aromatic heterocycles. The molecule has 2 aromatic carbocycles. The van der Waals surface area contributed by atoms with Gasteiger partial charge in [-0.3, -0.25) is 0 Å². The molecule has 0 saturated heterocycles. The molecule has 0 radical (unpaired) electrons. The summed E-state index contributed by atoms with van der Waals surface area (Å²) in [6.45, 7) is 0. The minimum atomic E-state index is -1.44. The van der Waals surface area contributed by atoms with E-state index in [1.165, 1.54) is 0 Å². The van der Waals surface area contributed by atoms with E-state index < -0.39 is 4.33 Å². The van der Waals surface area contributed by atoms with E-state index in [2.05, 4.69) is 0 Å². The Morgan fingerprint density at radius 2 is 1.00 bits per heavy atom. The van der Waals surface area contributed by atoms with Crippen LogP contribution in [0, 0.1) is 0 Å². The van der Waals surface area contributed by atoms with Gasteiger partial charge >= 0.3 is 0 Å². The second kappa shape index (κ2) is 5.89. The molecule has 0 unspecified atom stereocenters. The predicted octanol–water partition coefficient (Wildman–Crippen LogP) is 6.98. The van der Waals surface area contributed by atoms with Crippen LogP contribution >= 0.6 is 69.6 Å². The summed E-state index contributed by atoms with van der Waals surface area (Å²) in [5, 5.41) is 1.74. The van der Waals surface area contributed by atoms with Gasteiger partial charge < -0.3 is 0 Å². The van der Waals surface area contributed by atoms with Crippen molar-refractivity contribution in [3.8, 4) is 0 Å². The van der Waals surface area contributed by atoms with Gasteiger partial charge in [-0.25, -0.2) is 0 Å². The van der Waals surface area contributed by atoms with Gasteiger partial charge in [0, 0.05) is 31.2 Å². The minimum absolute atomic E-state index is 0.394. The van der Waals surface area contributed by atoms with Crippen molar-refractivity contribution < 1.29 is 0 Å². The lowest BCUT2D eigenvalue weighted by Crippen LogP contribution is -2.13. The molecular formula is C13H6Cl6. The Morgan fingerprint density at radius 1 is 0.632 bits per heavy atom. The van der Waals surface area contributed by atoms with Crippen LogP contribution in [0.3, 0.4) is 0 Å². The highest BCUT2D eigenvalue weighted by atomic mass is 35.5. The molecule has 100 valence electrons. The van der Waals surface area contributed by atoms with E-state index in [4.69, 9.17) is 69.6 Å². The van der Waals surface area contributed by atoms with Gasteiger partial charge in [0.05, 0.1) is 0 Å². The quantitative estimate of drug-likeness (QED) is 0.497. The number of alkyl halides is 2. The summed E-state index contributed by atoms with van der Waals surface area (Å²) in [7, 11) is 0. The van der Waals surface area contributed by atoms with Crippen molar-refractivity contribution in [1.29, 1.82) is 0 Å².